The van der Waals surface area contributed by atoms with Crippen LogP contribution in [0.1, 0.15) is 41.3 Å². The minimum absolute atomic E-state index is 0.0496. The molecule has 6 heteroatoms. The molecule has 1 aromatic rings. The van der Waals surface area contributed by atoms with Crippen molar-refractivity contribution in [3.63, 3.8) is 0 Å². The lowest BCUT2D eigenvalue weighted by Crippen LogP contribution is -2.34. The number of aliphatic hydroxyl groups excluding tert-OH is 1. The van der Waals surface area contributed by atoms with Gasteiger partial charge in [0.05, 0.1) is 22.7 Å². The molecule has 0 aliphatic heterocycles. The minimum Gasteiger partial charge on any atom is -0.392 e. The fraction of sp³-hybridized carbons (Fsp3) is 0.786. The van der Waals surface area contributed by atoms with E-state index in [0.717, 1.165) is 15.6 Å². The zero-order valence-corrected chi connectivity index (χ0v) is 12.5. The average Bonchev–Trinajstić information content (AvgIpc) is 2.67. The lowest BCUT2D eigenvalue weighted by atomic mass is 9.78. The number of thiazole rings is 1. The fourth-order valence-corrected chi connectivity index (χ4v) is 3.83. The summed E-state index contributed by atoms with van der Waals surface area (Å²) in [6.45, 7) is 3.87. The maximum atomic E-state index is 12.8. The predicted octanol–water partition coefficient (Wildman–Crippen LogP) is 4.03. The quantitative estimate of drug-likeness (QED) is 0.914. The topological polar surface area (TPSA) is 33.1 Å². The van der Waals surface area contributed by atoms with Crippen molar-refractivity contribution in [2.24, 2.45) is 11.8 Å². The van der Waals surface area contributed by atoms with E-state index in [9.17, 15) is 18.3 Å². The minimum atomic E-state index is -4.13. The van der Waals surface area contributed by atoms with Crippen molar-refractivity contribution in [3.8, 4) is 0 Å². The molecule has 114 valence electrons. The average molecular weight is 307 g/mol. The second kappa shape index (κ2) is 6.02. The van der Waals surface area contributed by atoms with Crippen molar-refractivity contribution in [3.05, 3.63) is 15.6 Å². The first kappa shape index (κ1) is 15.8. The molecule has 2 rings (SSSR count). The number of aliphatic hydroxyl groups is 1. The van der Waals surface area contributed by atoms with Gasteiger partial charge in [-0.05, 0) is 39.0 Å². The Morgan fingerprint density at radius 3 is 2.60 bits per heavy atom. The molecule has 0 amide bonds. The predicted molar refractivity (Wildman–Crippen MR) is 72.8 cm³/mol. The summed E-state index contributed by atoms with van der Waals surface area (Å²) in [7, 11) is 0. The highest BCUT2D eigenvalue weighted by Crippen LogP contribution is 2.41. The second-order valence-corrected chi connectivity index (χ2v) is 6.97. The lowest BCUT2D eigenvalue weighted by molar-refractivity contribution is -0.188. The van der Waals surface area contributed by atoms with E-state index in [0.29, 0.717) is 19.3 Å². The highest BCUT2D eigenvalue weighted by atomic mass is 32.1. The van der Waals surface area contributed by atoms with Crippen LogP contribution in [0.25, 0.3) is 0 Å². The van der Waals surface area contributed by atoms with Gasteiger partial charge in [0, 0.05) is 11.3 Å². The van der Waals surface area contributed by atoms with Crippen LogP contribution in [-0.4, -0.2) is 22.4 Å². The number of hydrogen-bond donors (Lipinski definition) is 1. The zero-order chi connectivity index (χ0) is 14.9. The van der Waals surface area contributed by atoms with Crippen molar-refractivity contribution < 1.29 is 18.3 Å². The van der Waals surface area contributed by atoms with Crippen LogP contribution in [0.5, 0.6) is 0 Å². The normalized spacial score (nSPS) is 25.7. The van der Waals surface area contributed by atoms with E-state index in [2.05, 4.69) is 4.98 Å². The molecule has 3 unspecified atom stereocenters. The highest BCUT2D eigenvalue weighted by Gasteiger charge is 2.43. The molecule has 1 aliphatic carbocycles. The smallest absolute Gasteiger partial charge is 0.391 e. The fourth-order valence-electron chi connectivity index (χ4n) is 2.85. The molecular weight excluding hydrogens is 287 g/mol. The molecule has 0 bridgehead atoms. The summed E-state index contributed by atoms with van der Waals surface area (Å²) < 4.78 is 38.3. The standard InChI is InChI=1S/C14H20F3NOS/c1-8-9(2)20-13(18-8)7-12(19)10-4-3-5-11(6-10)14(15,16)17/h10-12,19H,3-7H2,1-2H3. The van der Waals surface area contributed by atoms with Crippen LogP contribution in [0.2, 0.25) is 0 Å². The van der Waals surface area contributed by atoms with Gasteiger partial charge in [-0.3, -0.25) is 0 Å². The molecule has 20 heavy (non-hydrogen) atoms. The van der Waals surface area contributed by atoms with Gasteiger partial charge >= 0.3 is 6.18 Å². The Morgan fingerprint density at radius 2 is 2.05 bits per heavy atom. The van der Waals surface area contributed by atoms with E-state index in [1.165, 1.54) is 11.3 Å². The van der Waals surface area contributed by atoms with Gasteiger partial charge in [-0.1, -0.05) is 6.42 Å². The summed E-state index contributed by atoms with van der Waals surface area (Å²) in [5.41, 5.74) is 0.939. The van der Waals surface area contributed by atoms with Crippen LogP contribution in [0.3, 0.4) is 0 Å². The number of halogens is 3. The maximum Gasteiger partial charge on any atom is 0.391 e. The van der Waals surface area contributed by atoms with Gasteiger partial charge in [-0.25, -0.2) is 4.98 Å². The van der Waals surface area contributed by atoms with Gasteiger partial charge in [0.2, 0.25) is 0 Å². The van der Waals surface area contributed by atoms with E-state index < -0.39 is 18.2 Å². The molecule has 1 fully saturated rings. The maximum absolute atomic E-state index is 12.8. The third kappa shape index (κ3) is 3.73. The van der Waals surface area contributed by atoms with Crippen LogP contribution < -0.4 is 0 Å². The molecule has 1 heterocycles. The molecule has 1 aliphatic rings. The van der Waals surface area contributed by atoms with Gasteiger partial charge in [0.15, 0.2) is 0 Å². The SMILES string of the molecule is Cc1nc(CC(O)C2CCCC(C(F)(F)F)C2)sc1C. The first-order valence-corrected chi connectivity index (χ1v) is 7.76. The first-order chi connectivity index (χ1) is 9.27. The van der Waals surface area contributed by atoms with Crippen LogP contribution in [0, 0.1) is 25.7 Å². The number of rotatable bonds is 3. The lowest BCUT2D eigenvalue weighted by Gasteiger charge is -2.33. The molecule has 0 saturated heterocycles. The Labute approximate surface area is 121 Å². The molecule has 1 aromatic heterocycles. The van der Waals surface area contributed by atoms with Crippen LogP contribution in [-0.2, 0) is 6.42 Å². The van der Waals surface area contributed by atoms with Gasteiger partial charge in [-0.15, -0.1) is 11.3 Å². The monoisotopic (exact) mass is 307 g/mol. The largest absolute Gasteiger partial charge is 0.392 e. The number of aryl methyl sites for hydroxylation is 2. The number of hydrogen-bond acceptors (Lipinski definition) is 3. The molecule has 1 saturated carbocycles. The van der Waals surface area contributed by atoms with E-state index in [1.807, 2.05) is 13.8 Å². The molecule has 0 aromatic carbocycles. The molecule has 1 N–H and O–H groups in total. The summed E-state index contributed by atoms with van der Waals surface area (Å²) in [6, 6.07) is 0. The number of alkyl halides is 3. The van der Waals surface area contributed by atoms with Crippen molar-refractivity contribution in [2.45, 2.75) is 58.2 Å². The Kier molecular flexibility index (Phi) is 4.74. The summed E-state index contributed by atoms with van der Waals surface area (Å²) in [4.78, 5) is 5.45. The van der Waals surface area contributed by atoms with Gasteiger partial charge in [0.25, 0.3) is 0 Å². The summed E-state index contributed by atoms with van der Waals surface area (Å²) in [5.74, 6) is -1.52. The number of nitrogens with zero attached hydrogens (tertiary/aromatic N) is 1. The zero-order valence-electron chi connectivity index (χ0n) is 11.7. The molecular formula is C14H20F3NOS. The van der Waals surface area contributed by atoms with Gasteiger partial charge in [-0.2, -0.15) is 13.2 Å². The molecule has 2 nitrogen and oxygen atoms in total. The van der Waals surface area contributed by atoms with Crippen LogP contribution in [0.15, 0.2) is 0 Å². The van der Waals surface area contributed by atoms with Crippen LogP contribution >= 0.6 is 11.3 Å². The first-order valence-electron chi connectivity index (χ1n) is 6.95. The van der Waals surface area contributed by atoms with Crippen molar-refractivity contribution >= 4 is 11.3 Å². The van der Waals surface area contributed by atoms with Gasteiger partial charge < -0.3 is 5.11 Å². The Balaban J connectivity index is 1.96. The molecule has 0 radical (unpaired) electrons. The van der Waals surface area contributed by atoms with E-state index in [4.69, 9.17) is 0 Å². The van der Waals surface area contributed by atoms with E-state index in [-0.39, 0.29) is 18.8 Å². The van der Waals surface area contributed by atoms with E-state index in [1.54, 1.807) is 0 Å². The summed E-state index contributed by atoms with van der Waals surface area (Å²) >= 11 is 1.52. The Morgan fingerprint density at radius 1 is 1.35 bits per heavy atom. The molecule has 0 spiro atoms. The van der Waals surface area contributed by atoms with Crippen molar-refractivity contribution in [1.29, 1.82) is 0 Å². The summed E-state index contributed by atoms with van der Waals surface area (Å²) in [5, 5.41) is 11.0. The van der Waals surface area contributed by atoms with E-state index >= 15 is 0 Å². The summed E-state index contributed by atoms with van der Waals surface area (Å²) in [6.07, 6.45) is -3.01. The van der Waals surface area contributed by atoms with Crippen molar-refractivity contribution in [1.82, 2.24) is 4.98 Å². The second-order valence-electron chi connectivity index (χ2n) is 5.69. The van der Waals surface area contributed by atoms with Crippen LogP contribution in [0.4, 0.5) is 13.2 Å². The third-order valence-corrected chi connectivity index (χ3v) is 5.27. The Bertz CT molecular complexity index is 438. The third-order valence-electron chi connectivity index (χ3n) is 4.18. The Hall–Kier alpha value is -0.620. The molecule has 3 atom stereocenters. The van der Waals surface area contributed by atoms with Crippen molar-refractivity contribution in [2.75, 3.05) is 0 Å². The van der Waals surface area contributed by atoms with Gasteiger partial charge in [0.1, 0.15) is 0 Å². The number of aromatic nitrogens is 1. The highest BCUT2D eigenvalue weighted by molar-refractivity contribution is 7.11.